The molecule has 0 spiro atoms. The number of halogens is 1. The van der Waals surface area contributed by atoms with Crippen molar-refractivity contribution in [1.29, 1.82) is 0 Å². The van der Waals surface area contributed by atoms with Crippen molar-refractivity contribution in [3.05, 3.63) is 22.3 Å². The number of hydrogen-bond donors (Lipinski definition) is 0. The molecule has 23 heavy (non-hydrogen) atoms. The minimum Gasteiger partial charge on any atom is -0.379 e. The lowest BCUT2D eigenvalue weighted by Gasteiger charge is -2.38. The van der Waals surface area contributed by atoms with Gasteiger partial charge in [-0.15, -0.1) is 0 Å². The van der Waals surface area contributed by atoms with Gasteiger partial charge in [-0.3, -0.25) is 0 Å². The molecule has 0 atom stereocenters. The highest BCUT2D eigenvalue weighted by Crippen LogP contribution is 2.23. The lowest BCUT2D eigenvalue weighted by Crippen LogP contribution is -2.55. The molecular formula is C14H21BrN4O3S. The van der Waals surface area contributed by atoms with Gasteiger partial charge in [0, 0.05) is 49.9 Å². The average Bonchev–Trinajstić information content (AvgIpc) is 2.56. The zero-order valence-electron chi connectivity index (χ0n) is 13.1. The molecule has 0 radical (unpaired) electrons. The van der Waals surface area contributed by atoms with E-state index in [0.717, 1.165) is 15.9 Å². The molecule has 0 N–H and O–H groups in total. The van der Waals surface area contributed by atoms with Crippen molar-refractivity contribution in [3.63, 3.8) is 0 Å². The summed E-state index contributed by atoms with van der Waals surface area (Å²) in [6, 6.07) is 2.03. The molecule has 0 aromatic carbocycles. The number of piperazine rings is 1. The summed E-state index contributed by atoms with van der Waals surface area (Å²) >= 11 is 3.42. The molecule has 128 valence electrons. The summed E-state index contributed by atoms with van der Waals surface area (Å²) in [5, 5.41) is 0. The van der Waals surface area contributed by atoms with E-state index in [-0.39, 0.29) is 0 Å². The first kappa shape index (κ1) is 17.1. The molecule has 0 amide bonds. The second-order valence-electron chi connectivity index (χ2n) is 5.70. The molecule has 3 rings (SSSR count). The Morgan fingerprint density at radius 2 is 1.70 bits per heavy atom. The van der Waals surface area contributed by atoms with Gasteiger partial charge in [-0.2, -0.15) is 17.0 Å². The van der Waals surface area contributed by atoms with Crippen LogP contribution in [0.5, 0.6) is 0 Å². The molecule has 2 aliphatic rings. The predicted octanol–water partition coefficient (Wildman–Crippen LogP) is 0.852. The van der Waals surface area contributed by atoms with Crippen LogP contribution in [0.25, 0.3) is 0 Å². The van der Waals surface area contributed by atoms with E-state index in [0.29, 0.717) is 52.5 Å². The predicted molar refractivity (Wildman–Crippen MR) is 91.8 cm³/mol. The van der Waals surface area contributed by atoms with Crippen molar-refractivity contribution in [1.82, 2.24) is 13.6 Å². The van der Waals surface area contributed by atoms with Gasteiger partial charge in [0.2, 0.25) is 0 Å². The smallest absolute Gasteiger partial charge is 0.282 e. The van der Waals surface area contributed by atoms with E-state index in [9.17, 15) is 8.42 Å². The Bertz CT molecular complexity index is 656. The van der Waals surface area contributed by atoms with Gasteiger partial charge in [0.25, 0.3) is 10.2 Å². The molecular weight excluding hydrogens is 384 g/mol. The van der Waals surface area contributed by atoms with E-state index in [1.54, 1.807) is 10.5 Å². The lowest BCUT2D eigenvalue weighted by molar-refractivity contribution is 0.0700. The topological polar surface area (TPSA) is 66.0 Å². The number of pyridine rings is 1. The Labute approximate surface area is 145 Å². The zero-order valence-corrected chi connectivity index (χ0v) is 15.5. The summed E-state index contributed by atoms with van der Waals surface area (Å²) in [6.45, 7) is 6.12. The second-order valence-corrected chi connectivity index (χ2v) is 8.54. The van der Waals surface area contributed by atoms with Crippen LogP contribution in [0.1, 0.15) is 5.56 Å². The molecule has 9 heteroatoms. The van der Waals surface area contributed by atoms with Crippen LogP contribution in [-0.4, -0.2) is 74.5 Å². The molecule has 2 fully saturated rings. The molecule has 7 nitrogen and oxygen atoms in total. The lowest BCUT2D eigenvalue weighted by atomic mass is 10.2. The zero-order chi connectivity index (χ0) is 16.4. The maximum atomic E-state index is 12.7. The van der Waals surface area contributed by atoms with Crippen LogP contribution in [0.3, 0.4) is 0 Å². The summed E-state index contributed by atoms with van der Waals surface area (Å²) in [7, 11) is -3.38. The van der Waals surface area contributed by atoms with Crippen molar-refractivity contribution >= 4 is 32.0 Å². The highest BCUT2D eigenvalue weighted by atomic mass is 79.9. The minimum absolute atomic E-state index is 0.440. The number of nitrogens with zero attached hydrogens (tertiary/aromatic N) is 4. The third-order valence-corrected chi connectivity index (χ3v) is 6.65. The molecule has 2 saturated heterocycles. The van der Waals surface area contributed by atoms with Gasteiger partial charge < -0.3 is 9.64 Å². The van der Waals surface area contributed by atoms with E-state index in [4.69, 9.17) is 4.74 Å². The number of hydrogen-bond acceptors (Lipinski definition) is 5. The fourth-order valence-electron chi connectivity index (χ4n) is 2.94. The van der Waals surface area contributed by atoms with E-state index in [1.165, 1.54) is 4.31 Å². The molecule has 1 aromatic heterocycles. The van der Waals surface area contributed by atoms with E-state index in [2.05, 4.69) is 25.8 Å². The van der Waals surface area contributed by atoms with Gasteiger partial charge >= 0.3 is 0 Å². The van der Waals surface area contributed by atoms with Gasteiger partial charge in [0.05, 0.1) is 13.2 Å². The number of morpholine rings is 1. The molecule has 0 aliphatic carbocycles. The Hall–Kier alpha value is -0.740. The van der Waals surface area contributed by atoms with Gasteiger partial charge in [-0.25, -0.2) is 4.98 Å². The molecule has 3 heterocycles. The van der Waals surface area contributed by atoms with Crippen LogP contribution in [-0.2, 0) is 14.9 Å². The number of aromatic nitrogens is 1. The minimum atomic E-state index is -3.38. The number of anilines is 1. The summed E-state index contributed by atoms with van der Waals surface area (Å²) in [5.41, 5.74) is 1.09. The van der Waals surface area contributed by atoms with Crippen LogP contribution >= 0.6 is 15.9 Å². The maximum absolute atomic E-state index is 12.7. The summed E-state index contributed by atoms with van der Waals surface area (Å²) in [5.74, 6) is 0.927. The van der Waals surface area contributed by atoms with Gasteiger partial charge in [-0.05, 0) is 34.5 Å². The van der Waals surface area contributed by atoms with Gasteiger partial charge in [0.15, 0.2) is 0 Å². The van der Waals surface area contributed by atoms with Crippen LogP contribution in [0.4, 0.5) is 5.82 Å². The fourth-order valence-corrected chi connectivity index (χ4v) is 4.94. The molecule has 2 aliphatic heterocycles. The van der Waals surface area contributed by atoms with Crippen molar-refractivity contribution in [2.75, 3.05) is 57.4 Å². The van der Waals surface area contributed by atoms with Crippen molar-refractivity contribution in [2.24, 2.45) is 0 Å². The maximum Gasteiger partial charge on any atom is 0.282 e. The van der Waals surface area contributed by atoms with E-state index in [1.807, 2.05) is 13.0 Å². The summed E-state index contributed by atoms with van der Waals surface area (Å²) in [4.78, 5) is 6.61. The van der Waals surface area contributed by atoms with Gasteiger partial charge in [-0.1, -0.05) is 0 Å². The Balaban J connectivity index is 1.66. The molecule has 0 unspecified atom stereocenters. The molecule has 0 saturated carbocycles. The third kappa shape index (κ3) is 3.69. The average molecular weight is 405 g/mol. The quantitative estimate of drug-likeness (QED) is 0.746. The highest BCUT2D eigenvalue weighted by molar-refractivity contribution is 9.10. The van der Waals surface area contributed by atoms with Crippen LogP contribution < -0.4 is 4.90 Å². The Morgan fingerprint density at radius 1 is 1.09 bits per heavy atom. The third-order valence-electron chi connectivity index (χ3n) is 4.18. The highest BCUT2D eigenvalue weighted by Gasteiger charge is 2.33. The van der Waals surface area contributed by atoms with Crippen LogP contribution in [0.2, 0.25) is 0 Å². The normalized spacial score (nSPS) is 21.6. The Morgan fingerprint density at radius 3 is 2.30 bits per heavy atom. The van der Waals surface area contributed by atoms with Crippen LogP contribution in [0, 0.1) is 6.92 Å². The second kappa shape index (κ2) is 7.02. The number of ether oxygens (including phenoxy) is 1. The van der Waals surface area contributed by atoms with E-state index < -0.39 is 10.2 Å². The molecule has 0 bridgehead atoms. The first-order chi connectivity index (χ1) is 11.0. The SMILES string of the molecule is Cc1cc(Br)cnc1N1CCN(S(=O)(=O)N2CCOCC2)CC1. The Kier molecular flexibility index (Phi) is 5.22. The summed E-state index contributed by atoms with van der Waals surface area (Å²) < 4.78 is 34.6. The largest absolute Gasteiger partial charge is 0.379 e. The van der Waals surface area contributed by atoms with Crippen molar-refractivity contribution < 1.29 is 13.2 Å². The number of aryl methyl sites for hydroxylation is 1. The molecule has 1 aromatic rings. The summed E-state index contributed by atoms with van der Waals surface area (Å²) in [6.07, 6.45) is 1.78. The number of rotatable bonds is 3. The van der Waals surface area contributed by atoms with E-state index >= 15 is 0 Å². The van der Waals surface area contributed by atoms with Crippen LogP contribution in [0.15, 0.2) is 16.7 Å². The monoisotopic (exact) mass is 404 g/mol. The van der Waals surface area contributed by atoms with Crippen molar-refractivity contribution in [3.8, 4) is 0 Å². The van der Waals surface area contributed by atoms with Gasteiger partial charge in [0.1, 0.15) is 5.82 Å². The first-order valence-electron chi connectivity index (χ1n) is 7.68. The standard InChI is InChI=1S/C14H21BrN4O3S/c1-12-10-13(15)11-16-14(12)17-2-4-18(5-3-17)23(20,21)19-6-8-22-9-7-19/h10-11H,2-9H2,1H3. The van der Waals surface area contributed by atoms with Crippen molar-refractivity contribution in [2.45, 2.75) is 6.92 Å². The fraction of sp³-hybridized carbons (Fsp3) is 0.643. The first-order valence-corrected chi connectivity index (χ1v) is 9.87.